The van der Waals surface area contributed by atoms with Crippen LogP contribution in [-0.4, -0.2) is 24.1 Å². The maximum Gasteiger partial charge on any atom is 0.338 e. The van der Waals surface area contributed by atoms with E-state index in [4.69, 9.17) is 9.47 Å². The molecule has 0 spiro atoms. The average molecular weight is 260 g/mol. The second kappa shape index (κ2) is 4.68. The number of ether oxygens (including phenoxy) is 2. The monoisotopic (exact) mass is 260 g/mol. The van der Waals surface area contributed by atoms with Crippen LogP contribution in [0.25, 0.3) is 0 Å². The molecule has 4 aliphatic rings. The molecule has 4 rings (SSSR count). The Morgan fingerprint density at radius 1 is 1.00 bits per heavy atom. The Morgan fingerprint density at radius 2 is 1.63 bits per heavy atom. The van der Waals surface area contributed by atoms with E-state index in [9.17, 15) is 9.59 Å². The van der Waals surface area contributed by atoms with Gasteiger partial charge in [-0.25, -0.2) is 9.59 Å². The molecule has 100 valence electrons. The molecule has 0 aromatic heterocycles. The van der Waals surface area contributed by atoms with Crippen LogP contribution in [0.4, 0.5) is 0 Å². The van der Waals surface area contributed by atoms with Crippen LogP contribution in [-0.2, 0) is 19.1 Å². The second-order valence-corrected chi connectivity index (χ2v) is 5.22. The van der Waals surface area contributed by atoms with Crippen LogP contribution in [0.3, 0.4) is 0 Å². The Morgan fingerprint density at radius 3 is 2.26 bits per heavy atom. The van der Waals surface area contributed by atoms with Crippen molar-refractivity contribution in [2.75, 3.05) is 0 Å². The molecule has 2 atom stereocenters. The van der Waals surface area contributed by atoms with Crippen LogP contribution in [0, 0.1) is 0 Å². The van der Waals surface area contributed by atoms with Crippen LogP contribution >= 0.6 is 0 Å². The summed E-state index contributed by atoms with van der Waals surface area (Å²) in [5.74, 6) is -0.665. The molecule has 0 radical (unpaired) electrons. The molecule has 2 bridgehead atoms. The first-order valence-electron chi connectivity index (χ1n) is 6.66. The van der Waals surface area contributed by atoms with E-state index in [0.717, 1.165) is 25.7 Å². The van der Waals surface area contributed by atoms with E-state index >= 15 is 0 Å². The van der Waals surface area contributed by atoms with Crippen LogP contribution in [0.5, 0.6) is 0 Å². The molecule has 0 aromatic carbocycles. The van der Waals surface area contributed by atoms with E-state index in [-0.39, 0.29) is 24.1 Å². The number of hydrogen-bond acceptors (Lipinski definition) is 4. The fraction of sp³-hybridized carbons (Fsp3) is 0.467. The minimum Gasteiger partial charge on any atom is -0.455 e. The molecule has 2 aliphatic carbocycles. The smallest absolute Gasteiger partial charge is 0.338 e. The zero-order valence-corrected chi connectivity index (χ0v) is 10.7. The summed E-state index contributed by atoms with van der Waals surface area (Å²) in [5.41, 5.74) is 1.66. The third-order valence-corrected chi connectivity index (χ3v) is 3.88. The molecule has 2 unspecified atom stereocenters. The van der Waals surface area contributed by atoms with Gasteiger partial charge in [0.05, 0.1) is 5.57 Å². The SMILES string of the molecule is C=C1CC2=CC=C1C(=O)OC1CCCCC1OC2=O. The topological polar surface area (TPSA) is 52.6 Å². The summed E-state index contributed by atoms with van der Waals surface area (Å²) in [6.07, 6.45) is 6.48. The van der Waals surface area contributed by atoms with Crippen molar-refractivity contribution < 1.29 is 19.1 Å². The molecule has 0 amide bonds. The van der Waals surface area contributed by atoms with E-state index in [1.807, 2.05) is 0 Å². The van der Waals surface area contributed by atoms with Crippen molar-refractivity contribution in [3.63, 3.8) is 0 Å². The number of carbonyl (C=O) groups is 2. The van der Waals surface area contributed by atoms with Crippen molar-refractivity contribution in [1.29, 1.82) is 0 Å². The van der Waals surface area contributed by atoms with Gasteiger partial charge in [0, 0.05) is 12.0 Å². The van der Waals surface area contributed by atoms with E-state index in [1.165, 1.54) is 0 Å². The molecule has 1 saturated carbocycles. The van der Waals surface area contributed by atoms with Crippen molar-refractivity contribution in [3.05, 3.63) is 35.5 Å². The summed E-state index contributed by atoms with van der Waals surface area (Å²) in [5, 5.41) is 0. The van der Waals surface area contributed by atoms with Crippen molar-refractivity contribution in [1.82, 2.24) is 0 Å². The lowest BCUT2D eigenvalue weighted by atomic mass is 9.91. The lowest BCUT2D eigenvalue weighted by molar-refractivity contribution is -0.167. The summed E-state index contributed by atoms with van der Waals surface area (Å²) in [4.78, 5) is 24.2. The van der Waals surface area contributed by atoms with Gasteiger partial charge in [0.1, 0.15) is 12.2 Å². The molecule has 2 heterocycles. The quantitative estimate of drug-likeness (QED) is 0.627. The summed E-state index contributed by atoms with van der Waals surface area (Å²) in [7, 11) is 0. The molecule has 0 aromatic rings. The van der Waals surface area contributed by atoms with Crippen LogP contribution in [0.1, 0.15) is 32.1 Å². The predicted molar refractivity (Wildman–Crippen MR) is 68.2 cm³/mol. The largest absolute Gasteiger partial charge is 0.455 e. The van der Waals surface area contributed by atoms with Crippen molar-refractivity contribution in [2.24, 2.45) is 0 Å². The third kappa shape index (κ3) is 2.23. The summed E-state index contributed by atoms with van der Waals surface area (Å²) < 4.78 is 11.0. The van der Waals surface area contributed by atoms with Gasteiger partial charge >= 0.3 is 11.9 Å². The third-order valence-electron chi connectivity index (χ3n) is 3.88. The summed E-state index contributed by atoms with van der Waals surface area (Å²) in [6.45, 7) is 3.84. The number of hydrogen-bond donors (Lipinski definition) is 0. The maximum absolute atomic E-state index is 12.1. The van der Waals surface area contributed by atoms with E-state index in [1.54, 1.807) is 12.2 Å². The Balaban J connectivity index is 1.95. The highest BCUT2D eigenvalue weighted by molar-refractivity contribution is 5.98. The Hall–Kier alpha value is -1.84. The van der Waals surface area contributed by atoms with Crippen molar-refractivity contribution >= 4 is 11.9 Å². The van der Waals surface area contributed by atoms with E-state index < -0.39 is 0 Å². The Labute approximate surface area is 111 Å². The molecule has 1 saturated heterocycles. The highest BCUT2D eigenvalue weighted by atomic mass is 16.6. The zero-order valence-electron chi connectivity index (χ0n) is 10.7. The first-order chi connectivity index (χ1) is 9.15. The highest BCUT2D eigenvalue weighted by Crippen LogP contribution is 2.31. The fourth-order valence-corrected chi connectivity index (χ4v) is 2.79. The van der Waals surface area contributed by atoms with Crippen LogP contribution in [0.2, 0.25) is 0 Å². The Bertz CT molecular complexity index is 512. The van der Waals surface area contributed by atoms with Gasteiger partial charge in [-0.3, -0.25) is 0 Å². The fourth-order valence-electron chi connectivity index (χ4n) is 2.79. The molecule has 19 heavy (non-hydrogen) atoms. The van der Waals surface area contributed by atoms with Gasteiger partial charge in [-0.15, -0.1) is 0 Å². The van der Waals surface area contributed by atoms with Gasteiger partial charge in [-0.2, -0.15) is 0 Å². The molecular weight excluding hydrogens is 244 g/mol. The first kappa shape index (κ1) is 12.2. The minimum atomic E-state index is -0.352. The van der Waals surface area contributed by atoms with Gasteiger partial charge in [0.25, 0.3) is 0 Å². The van der Waals surface area contributed by atoms with Gasteiger partial charge in [-0.1, -0.05) is 12.7 Å². The summed E-state index contributed by atoms with van der Waals surface area (Å²) >= 11 is 0. The highest BCUT2D eigenvalue weighted by Gasteiger charge is 2.35. The standard InChI is InChI=1S/C15H16O4/c1-9-8-10-6-7-11(9)15(17)19-13-5-3-2-4-12(13)18-14(10)16/h6-7,12-13H,1-5,8H2. The van der Waals surface area contributed by atoms with Crippen molar-refractivity contribution in [2.45, 2.75) is 44.3 Å². The number of rotatable bonds is 0. The normalized spacial score (nSPS) is 30.8. The summed E-state index contributed by atoms with van der Waals surface area (Å²) in [6, 6.07) is 0. The second-order valence-electron chi connectivity index (χ2n) is 5.22. The number of esters is 2. The van der Waals surface area contributed by atoms with Crippen LogP contribution in [0.15, 0.2) is 35.5 Å². The number of carbonyl (C=O) groups excluding carboxylic acids is 2. The van der Waals surface area contributed by atoms with E-state index in [2.05, 4.69) is 6.58 Å². The minimum absolute atomic E-state index is 0.306. The van der Waals surface area contributed by atoms with E-state index in [0.29, 0.717) is 23.1 Å². The van der Waals surface area contributed by atoms with Crippen molar-refractivity contribution in [3.8, 4) is 0 Å². The molecule has 2 fully saturated rings. The molecule has 4 nitrogen and oxygen atoms in total. The number of fused-ring (bicyclic) bond motifs is 4. The average Bonchev–Trinajstić information content (AvgIpc) is 2.40. The van der Waals surface area contributed by atoms with Gasteiger partial charge in [0.15, 0.2) is 0 Å². The molecule has 0 N–H and O–H groups in total. The lowest BCUT2D eigenvalue weighted by Gasteiger charge is -2.33. The molecular formula is C15H16O4. The first-order valence-corrected chi connectivity index (χ1v) is 6.66. The van der Waals surface area contributed by atoms with Gasteiger partial charge in [-0.05, 0) is 37.3 Å². The molecule has 4 heteroatoms. The van der Waals surface area contributed by atoms with Gasteiger partial charge in [0.2, 0.25) is 0 Å². The lowest BCUT2D eigenvalue weighted by Crippen LogP contribution is -2.39. The van der Waals surface area contributed by atoms with Crippen LogP contribution < -0.4 is 0 Å². The zero-order chi connectivity index (χ0) is 13.4. The Kier molecular flexibility index (Phi) is 3.01. The predicted octanol–water partition coefficient (Wildman–Crippen LogP) is 2.21. The van der Waals surface area contributed by atoms with Gasteiger partial charge < -0.3 is 9.47 Å². The molecule has 2 aliphatic heterocycles. The number of allylic oxidation sites excluding steroid dienone is 2. The maximum atomic E-state index is 12.1.